The first-order valence-electron chi connectivity index (χ1n) is 5.45. The molecule has 0 spiro atoms. The SMILES string of the molecule is Cc1cccc(C(=O)c2ccccc2)c1[N+](=O)[O-]. The van der Waals surface area contributed by atoms with Crippen molar-refractivity contribution in [1.82, 2.24) is 0 Å². The Labute approximate surface area is 104 Å². The largest absolute Gasteiger partial charge is 0.288 e. The van der Waals surface area contributed by atoms with Crippen LogP contribution in [0.4, 0.5) is 5.69 Å². The number of rotatable bonds is 3. The number of para-hydroxylation sites is 1. The molecule has 4 nitrogen and oxygen atoms in total. The highest BCUT2D eigenvalue weighted by atomic mass is 16.6. The molecule has 0 saturated heterocycles. The number of hydrogen-bond acceptors (Lipinski definition) is 3. The van der Waals surface area contributed by atoms with Gasteiger partial charge in [-0.05, 0) is 13.0 Å². The first-order valence-corrected chi connectivity index (χ1v) is 5.45. The smallest absolute Gasteiger partial charge is 0.283 e. The molecule has 0 N–H and O–H groups in total. The first-order chi connectivity index (χ1) is 8.61. The van der Waals surface area contributed by atoms with Gasteiger partial charge in [-0.1, -0.05) is 42.5 Å². The molecular formula is C14H11NO3. The summed E-state index contributed by atoms with van der Waals surface area (Å²) in [7, 11) is 0. The van der Waals surface area contributed by atoms with Crippen LogP contribution in [0.2, 0.25) is 0 Å². The van der Waals surface area contributed by atoms with Crippen LogP contribution in [0, 0.1) is 17.0 Å². The van der Waals surface area contributed by atoms with E-state index in [1.165, 1.54) is 6.07 Å². The molecule has 0 atom stereocenters. The monoisotopic (exact) mass is 241 g/mol. The molecule has 2 aromatic rings. The van der Waals surface area contributed by atoms with Crippen LogP contribution in [0.25, 0.3) is 0 Å². The summed E-state index contributed by atoms with van der Waals surface area (Å²) in [5.74, 6) is -0.328. The maximum absolute atomic E-state index is 12.2. The first kappa shape index (κ1) is 12.0. The van der Waals surface area contributed by atoms with Crippen LogP contribution in [0.5, 0.6) is 0 Å². The van der Waals surface area contributed by atoms with Crippen LogP contribution in [0.15, 0.2) is 48.5 Å². The molecule has 2 aromatic carbocycles. The van der Waals surface area contributed by atoms with Gasteiger partial charge >= 0.3 is 0 Å². The number of aryl methyl sites for hydroxylation is 1. The molecule has 0 aliphatic carbocycles. The van der Waals surface area contributed by atoms with Crippen LogP contribution in [-0.2, 0) is 0 Å². The summed E-state index contributed by atoms with van der Waals surface area (Å²) in [6.45, 7) is 1.62. The van der Waals surface area contributed by atoms with E-state index in [4.69, 9.17) is 0 Å². The Morgan fingerprint density at radius 1 is 1.06 bits per heavy atom. The molecule has 0 unspecified atom stereocenters. The number of carbonyl (C=O) groups excluding carboxylic acids is 1. The van der Waals surface area contributed by atoms with Crippen LogP contribution in [0.3, 0.4) is 0 Å². The molecule has 4 heteroatoms. The third-order valence-corrected chi connectivity index (χ3v) is 2.70. The Morgan fingerprint density at radius 3 is 2.33 bits per heavy atom. The molecule has 0 amide bonds. The summed E-state index contributed by atoms with van der Waals surface area (Å²) >= 11 is 0. The lowest BCUT2D eigenvalue weighted by atomic mass is 9.99. The average molecular weight is 241 g/mol. The fourth-order valence-corrected chi connectivity index (χ4v) is 1.83. The fourth-order valence-electron chi connectivity index (χ4n) is 1.83. The highest BCUT2D eigenvalue weighted by molar-refractivity contribution is 6.11. The van der Waals surface area contributed by atoms with Gasteiger partial charge in [-0.2, -0.15) is 0 Å². The summed E-state index contributed by atoms with van der Waals surface area (Å²) in [5, 5.41) is 11.0. The van der Waals surface area contributed by atoms with E-state index < -0.39 is 4.92 Å². The molecule has 0 saturated carbocycles. The van der Waals surface area contributed by atoms with Crippen LogP contribution < -0.4 is 0 Å². The Hall–Kier alpha value is -2.49. The van der Waals surface area contributed by atoms with E-state index in [0.717, 1.165) is 0 Å². The normalized spacial score (nSPS) is 10.1. The molecule has 0 fully saturated rings. The van der Waals surface area contributed by atoms with Crippen molar-refractivity contribution in [2.24, 2.45) is 0 Å². The molecule has 90 valence electrons. The van der Waals surface area contributed by atoms with E-state index in [1.54, 1.807) is 49.4 Å². The molecule has 0 aliphatic heterocycles. The van der Waals surface area contributed by atoms with Gasteiger partial charge in [-0.15, -0.1) is 0 Å². The number of hydrogen-bond donors (Lipinski definition) is 0. The zero-order valence-corrected chi connectivity index (χ0v) is 9.79. The lowest BCUT2D eigenvalue weighted by Gasteiger charge is -2.04. The van der Waals surface area contributed by atoms with Crippen molar-refractivity contribution in [2.45, 2.75) is 6.92 Å². The van der Waals surface area contributed by atoms with Gasteiger partial charge in [-0.3, -0.25) is 14.9 Å². The van der Waals surface area contributed by atoms with Crippen molar-refractivity contribution in [1.29, 1.82) is 0 Å². The number of nitro benzene ring substituents is 1. The second kappa shape index (κ2) is 4.79. The van der Waals surface area contributed by atoms with Gasteiger partial charge in [-0.25, -0.2) is 0 Å². The van der Waals surface area contributed by atoms with E-state index in [2.05, 4.69) is 0 Å². The average Bonchev–Trinajstić information content (AvgIpc) is 2.38. The summed E-state index contributed by atoms with van der Waals surface area (Å²) < 4.78 is 0. The maximum Gasteiger partial charge on any atom is 0.283 e. The van der Waals surface area contributed by atoms with Crippen molar-refractivity contribution in [3.8, 4) is 0 Å². The summed E-state index contributed by atoms with van der Waals surface area (Å²) in [5.41, 5.74) is 0.950. The predicted molar refractivity (Wildman–Crippen MR) is 67.7 cm³/mol. The van der Waals surface area contributed by atoms with E-state index in [1.807, 2.05) is 0 Å². The summed E-state index contributed by atoms with van der Waals surface area (Å²) in [6.07, 6.45) is 0. The second-order valence-corrected chi connectivity index (χ2v) is 3.92. The molecular weight excluding hydrogens is 230 g/mol. The fraction of sp³-hybridized carbons (Fsp3) is 0.0714. The van der Waals surface area contributed by atoms with Crippen LogP contribution in [-0.4, -0.2) is 10.7 Å². The van der Waals surface area contributed by atoms with Crippen LogP contribution in [0.1, 0.15) is 21.5 Å². The lowest BCUT2D eigenvalue weighted by Crippen LogP contribution is -2.06. The van der Waals surface area contributed by atoms with Crippen molar-refractivity contribution in [2.75, 3.05) is 0 Å². The summed E-state index contributed by atoms with van der Waals surface area (Å²) in [6, 6.07) is 13.3. The zero-order valence-electron chi connectivity index (χ0n) is 9.79. The van der Waals surface area contributed by atoms with Gasteiger partial charge in [0, 0.05) is 11.1 Å². The number of nitro groups is 1. The minimum absolute atomic E-state index is 0.119. The topological polar surface area (TPSA) is 60.2 Å². The third-order valence-electron chi connectivity index (χ3n) is 2.70. The van der Waals surface area contributed by atoms with E-state index >= 15 is 0 Å². The Kier molecular flexibility index (Phi) is 3.19. The van der Waals surface area contributed by atoms with Gasteiger partial charge in [0.15, 0.2) is 5.78 Å². The second-order valence-electron chi connectivity index (χ2n) is 3.92. The van der Waals surface area contributed by atoms with E-state index in [0.29, 0.717) is 11.1 Å². The van der Waals surface area contributed by atoms with Crippen molar-refractivity contribution in [3.05, 3.63) is 75.3 Å². The zero-order chi connectivity index (χ0) is 13.1. The minimum atomic E-state index is -0.508. The lowest BCUT2D eigenvalue weighted by molar-refractivity contribution is -0.385. The maximum atomic E-state index is 12.2. The molecule has 0 heterocycles. The highest BCUT2D eigenvalue weighted by Crippen LogP contribution is 2.25. The molecule has 0 aliphatic rings. The van der Waals surface area contributed by atoms with Gasteiger partial charge in [0.2, 0.25) is 0 Å². The Bertz CT molecular complexity index is 606. The molecule has 18 heavy (non-hydrogen) atoms. The molecule has 2 rings (SSSR count). The minimum Gasteiger partial charge on any atom is -0.288 e. The molecule has 0 aromatic heterocycles. The van der Waals surface area contributed by atoms with Gasteiger partial charge in [0.25, 0.3) is 5.69 Å². The summed E-state index contributed by atoms with van der Waals surface area (Å²) in [4.78, 5) is 22.7. The van der Waals surface area contributed by atoms with Gasteiger partial charge in [0.05, 0.1) is 4.92 Å². The predicted octanol–water partition coefficient (Wildman–Crippen LogP) is 3.13. The number of carbonyl (C=O) groups is 1. The van der Waals surface area contributed by atoms with Crippen LogP contribution >= 0.6 is 0 Å². The van der Waals surface area contributed by atoms with E-state index in [9.17, 15) is 14.9 Å². The van der Waals surface area contributed by atoms with Gasteiger partial charge in [0.1, 0.15) is 5.56 Å². The van der Waals surface area contributed by atoms with Crippen molar-refractivity contribution in [3.63, 3.8) is 0 Å². The van der Waals surface area contributed by atoms with Crippen molar-refractivity contribution >= 4 is 11.5 Å². The van der Waals surface area contributed by atoms with E-state index in [-0.39, 0.29) is 17.0 Å². The standard InChI is InChI=1S/C14H11NO3/c1-10-6-5-9-12(13(10)15(17)18)14(16)11-7-3-2-4-8-11/h2-9H,1H3. The highest BCUT2D eigenvalue weighted by Gasteiger charge is 2.22. The number of ketones is 1. The Balaban J connectivity index is 2.56. The number of benzene rings is 2. The Morgan fingerprint density at radius 2 is 1.72 bits per heavy atom. The molecule has 0 radical (unpaired) electrons. The molecule has 0 bridgehead atoms. The quantitative estimate of drug-likeness (QED) is 0.471. The van der Waals surface area contributed by atoms with Gasteiger partial charge < -0.3 is 0 Å². The number of nitrogens with zero attached hydrogens (tertiary/aromatic N) is 1. The van der Waals surface area contributed by atoms with Crippen molar-refractivity contribution < 1.29 is 9.72 Å². The third kappa shape index (κ3) is 2.13.